The van der Waals surface area contributed by atoms with Gasteiger partial charge in [-0.1, -0.05) is 12.1 Å². The van der Waals surface area contributed by atoms with E-state index in [1.165, 1.54) is 13.8 Å². The van der Waals surface area contributed by atoms with Gasteiger partial charge in [-0.2, -0.15) is 0 Å². The van der Waals surface area contributed by atoms with Crippen molar-refractivity contribution in [2.24, 2.45) is 0 Å². The van der Waals surface area contributed by atoms with Crippen molar-refractivity contribution in [1.29, 1.82) is 0 Å². The number of rotatable bonds is 6. The summed E-state index contributed by atoms with van der Waals surface area (Å²) < 4.78 is 5.19. The Labute approximate surface area is 135 Å². The van der Waals surface area contributed by atoms with Gasteiger partial charge in [0.2, 0.25) is 0 Å². The molecule has 0 aliphatic rings. The highest BCUT2D eigenvalue weighted by Gasteiger charge is 2.10. The Bertz CT molecular complexity index is 747. The van der Waals surface area contributed by atoms with Crippen molar-refractivity contribution in [1.82, 2.24) is 0 Å². The first kappa shape index (κ1) is 16.7. The number of carbonyl (C=O) groups excluding carboxylic acids is 2. The van der Waals surface area contributed by atoms with E-state index in [0.29, 0.717) is 23.3 Å². The zero-order valence-electron chi connectivity index (χ0n) is 13.6. The molecule has 0 aliphatic heterocycles. The van der Waals surface area contributed by atoms with Crippen molar-refractivity contribution in [3.63, 3.8) is 0 Å². The molecular weight excluding hydrogens is 292 g/mol. The van der Waals surface area contributed by atoms with Crippen molar-refractivity contribution >= 4 is 11.6 Å². The summed E-state index contributed by atoms with van der Waals surface area (Å²) in [5.41, 5.74) is 2.89. The van der Waals surface area contributed by atoms with Gasteiger partial charge < -0.3 is 9.84 Å². The maximum Gasteiger partial charge on any atom is 0.163 e. The minimum absolute atomic E-state index is 0.00423. The molecule has 0 saturated heterocycles. The predicted octanol–water partition coefficient (Wildman–Crippen LogP) is 3.59. The highest BCUT2D eigenvalue weighted by molar-refractivity contribution is 5.97. The third-order valence-electron chi connectivity index (χ3n) is 3.79. The van der Waals surface area contributed by atoms with E-state index in [2.05, 4.69) is 0 Å². The van der Waals surface area contributed by atoms with Gasteiger partial charge in [0.25, 0.3) is 0 Å². The lowest BCUT2D eigenvalue weighted by Crippen LogP contribution is -2.01. The maximum atomic E-state index is 11.7. The van der Waals surface area contributed by atoms with Crippen LogP contribution in [-0.4, -0.2) is 23.8 Å². The second-order valence-corrected chi connectivity index (χ2v) is 5.50. The summed E-state index contributed by atoms with van der Waals surface area (Å²) in [5, 5.41) is 9.67. The largest absolute Gasteiger partial charge is 0.507 e. The number of ether oxygens (including phenoxy) is 1. The first-order chi connectivity index (χ1) is 10.9. The summed E-state index contributed by atoms with van der Waals surface area (Å²) in [6, 6.07) is 10.6. The number of hydrogen-bond acceptors (Lipinski definition) is 4. The van der Waals surface area contributed by atoms with Crippen LogP contribution in [-0.2, 0) is 12.8 Å². The van der Waals surface area contributed by atoms with Crippen LogP contribution in [0.4, 0.5) is 0 Å². The van der Waals surface area contributed by atoms with Crippen LogP contribution in [0, 0.1) is 0 Å². The Hall–Kier alpha value is -2.62. The third-order valence-corrected chi connectivity index (χ3v) is 3.79. The Morgan fingerprint density at radius 3 is 1.96 bits per heavy atom. The second-order valence-electron chi connectivity index (χ2n) is 5.50. The second kappa shape index (κ2) is 7.09. The van der Waals surface area contributed by atoms with Crippen molar-refractivity contribution < 1.29 is 19.4 Å². The van der Waals surface area contributed by atoms with Crippen LogP contribution >= 0.6 is 0 Å². The molecule has 0 aliphatic carbocycles. The van der Waals surface area contributed by atoms with Crippen molar-refractivity contribution in [2.45, 2.75) is 26.7 Å². The number of phenolic OH excluding ortho intramolecular Hbond substituents is 1. The van der Waals surface area contributed by atoms with Crippen LogP contribution in [0.15, 0.2) is 36.4 Å². The smallest absolute Gasteiger partial charge is 0.163 e. The number of aromatic hydroxyl groups is 1. The van der Waals surface area contributed by atoms with E-state index < -0.39 is 0 Å². The molecule has 2 aromatic carbocycles. The van der Waals surface area contributed by atoms with E-state index in [1.54, 1.807) is 31.4 Å². The molecule has 0 amide bonds. The lowest BCUT2D eigenvalue weighted by atomic mass is 9.99. The number of benzene rings is 2. The lowest BCUT2D eigenvalue weighted by molar-refractivity contribution is 0.100. The molecule has 23 heavy (non-hydrogen) atoms. The van der Waals surface area contributed by atoms with Gasteiger partial charge in [0, 0.05) is 0 Å². The number of hydrogen-bond donors (Lipinski definition) is 1. The Morgan fingerprint density at radius 1 is 0.913 bits per heavy atom. The maximum absolute atomic E-state index is 11.7. The van der Waals surface area contributed by atoms with Gasteiger partial charge in [-0.25, -0.2) is 0 Å². The van der Waals surface area contributed by atoms with Crippen molar-refractivity contribution in [3.8, 4) is 11.5 Å². The molecule has 0 bridgehead atoms. The van der Waals surface area contributed by atoms with E-state index >= 15 is 0 Å². The Kier molecular flexibility index (Phi) is 5.16. The van der Waals surface area contributed by atoms with Crippen molar-refractivity contribution in [3.05, 3.63) is 58.7 Å². The van der Waals surface area contributed by atoms with E-state index in [1.807, 2.05) is 12.1 Å². The predicted molar refractivity (Wildman–Crippen MR) is 88.5 cm³/mol. The van der Waals surface area contributed by atoms with Crippen LogP contribution in [0.3, 0.4) is 0 Å². The molecule has 0 spiro atoms. The summed E-state index contributed by atoms with van der Waals surface area (Å²) in [5.74, 6) is 0.383. The molecule has 0 radical (unpaired) electrons. The van der Waals surface area contributed by atoms with Gasteiger partial charge in [-0.3, -0.25) is 9.59 Å². The highest BCUT2D eigenvalue weighted by atomic mass is 16.5. The average molecular weight is 312 g/mol. The molecule has 1 N–H and O–H groups in total. The molecule has 120 valence electrons. The minimum atomic E-state index is -0.160. The standard InChI is InChI=1S/C19H20O4/c1-12(20)16-10-14(6-8-18(16)22)4-5-15-7-9-19(23-3)17(11-15)13(2)21/h6-11,22H,4-5H2,1-3H3. The normalized spacial score (nSPS) is 10.4. The summed E-state index contributed by atoms with van der Waals surface area (Å²) >= 11 is 0. The topological polar surface area (TPSA) is 63.6 Å². The zero-order valence-corrected chi connectivity index (χ0v) is 13.6. The number of methoxy groups -OCH3 is 1. The fourth-order valence-corrected chi connectivity index (χ4v) is 2.50. The van der Waals surface area contributed by atoms with Gasteiger partial charge in [0.1, 0.15) is 11.5 Å². The van der Waals surface area contributed by atoms with Gasteiger partial charge in [-0.05, 0) is 62.1 Å². The molecular formula is C19H20O4. The zero-order chi connectivity index (χ0) is 17.0. The quantitative estimate of drug-likeness (QED) is 0.828. The minimum Gasteiger partial charge on any atom is -0.507 e. The van der Waals surface area contributed by atoms with Gasteiger partial charge >= 0.3 is 0 Å². The van der Waals surface area contributed by atoms with Crippen LogP contribution in [0.25, 0.3) is 0 Å². The first-order valence-electron chi connectivity index (χ1n) is 7.43. The van der Waals surface area contributed by atoms with E-state index in [9.17, 15) is 14.7 Å². The number of phenols is 1. The molecule has 4 nitrogen and oxygen atoms in total. The molecule has 0 fully saturated rings. The monoisotopic (exact) mass is 312 g/mol. The molecule has 4 heteroatoms. The van der Waals surface area contributed by atoms with Crippen LogP contribution in [0.2, 0.25) is 0 Å². The molecule has 0 heterocycles. The fourth-order valence-electron chi connectivity index (χ4n) is 2.50. The Balaban J connectivity index is 2.18. The summed E-state index contributed by atoms with van der Waals surface area (Å²) in [7, 11) is 1.54. The van der Waals surface area contributed by atoms with Crippen LogP contribution in [0.1, 0.15) is 45.7 Å². The average Bonchev–Trinajstić information content (AvgIpc) is 2.53. The van der Waals surface area contributed by atoms with Crippen LogP contribution < -0.4 is 4.74 Å². The summed E-state index contributed by atoms with van der Waals surface area (Å²) in [4.78, 5) is 23.1. The first-order valence-corrected chi connectivity index (χ1v) is 7.43. The number of aryl methyl sites for hydroxylation is 2. The summed E-state index contributed by atoms with van der Waals surface area (Å²) in [6.07, 6.45) is 1.44. The molecule has 0 saturated carbocycles. The van der Waals surface area contributed by atoms with E-state index in [4.69, 9.17) is 4.74 Å². The van der Waals surface area contributed by atoms with Gasteiger partial charge in [-0.15, -0.1) is 0 Å². The third kappa shape index (κ3) is 3.97. The Morgan fingerprint density at radius 2 is 1.43 bits per heavy atom. The van der Waals surface area contributed by atoms with E-state index in [0.717, 1.165) is 17.5 Å². The van der Waals surface area contributed by atoms with Crippen molar-refractivity contribution in [2.75, 3.05) is 7.11 Å². The lowest BCUT2D eigenvalue weighted by Gasteiger charge is -2.09. The highest BCUT2D eigenvalue weighted by Crippen LogP contribution is 2.23. The number of carbonyl (C=O) groups is 2. The molecule has 0 aromatic heterocycles. The summed E-state index contributed by atoms with van der Waals surface area (Å²) in [6.45, 7) is 2.95. The molecule has 2 aromatic rings. The molecule has 0 unspecified atom stereocenters. The fraction of sp³-hybridized carbons (Fsp3) is 0.263. The van der Waals surface area contributed by atoms with Crippen LogP contribution in [0.5, 0.6) is 11.5 Å². The number of ketones is 2. The molecule has 0 atom stereocenters. The van der Waals surface area contributed by atoms with Gasteiger partial charge in [0.05, 0.1) is 18.2 Å². The SMILES string of the molecule is COc1ccc(CCc2ccc(O)c(C(C)=O)c2)cc1C(C)=O. The van der Waals surface area contributed by atoms with Gasteiger partial charge in [0.15, 0.2) is 11.6 Å². The molecule has 2 rings (SSSR count). The van der Waals surface area contributed by atoms with E-state index in [-0.39, 0.29) is 17.3 Å². The number of Topliss-reactive ketones (excluding diaryl/α,β-unsaturated/α-hetero) is 2.